The molecule has 3 N–H and O–H groups in total. The minimum absolute atomic E-state index is 0.143. The lowest BCUT2D eigenvalue weighted by Crippen LogP contribution is -2.46. The molecule has 2 aromatic heterocycles. The summed E-state index contributed by atoms with van der Waals surface area (Å²) < 4.78 is 130. The van der Waals surface area contributed by atoms with Gasteiger partial charge in [0.05, 0.1) is 18.3 Å². The van der Waals surface area contributed by atoms with Gasteiger partial charge in [-0.2, -0.15) is 43.8 Å². The summed E-state index contributed by atoms with van der Waals surface area (Å²) in [5.74, 6) is -7.31. The number of aromatic nitrogens is 2. The summed E-state index contributed by atoms with van der Waals surface area (Å²) in [5.41, 5.74) is 0.729. The molecule has 2 aliphatic heterocycles. The van der Waals surface area contributed by atoms with Gasteiger partial charge in [-0.3, -0.25) is 9.88 Å². The third-order valence-corrected chi connectivity index (χ3v) is 8.14. The van der Waals surface area contributed by atoms with Crippen molar-refractivity contribution < 1.29 is 82.4 Å². The van der Waals surface area contributed by atoms with Gasteiger partial charge in [0.1, 0.15) is 11.0 Å². The van der Waals surface area contributed by atoms with Gasteiger partial charge in [-0.1, -0.05) is 6.07 Å². The molecule has 2 fully saturated rings. The molecule has 3 aliphatic rings. The van der Waals surface area contributed by atoms with Crippen LogP contribution in [0.25, 0.3) is 0 Å². The molecule has 0 aromatic carbocycles. The van der Waals surface area contributed by atoms with Crippen molar-refractivity contribution >= 4 is 27.9 Å². The SMILES string of the molecule is O=C(O)C(F)(F)F.O=C(O)C(F)(F)F.O=C(O)C(F)(F)F.O=S1(=O)c2cccnc2OC2CN(CC3CC3)CC2N1Cc1ccccn1. The summed E-state index contributed by atoms with van der Waals surface area (Å²) in [6, 6.07) is 8.54. The summed E-state index contributed by atoms with van der Waals surface area (Å²) in [7, 11) is -3.73. The second-order valence-electron chi connectivity index (χ2n) is 9.97. The first-order chi connectivity index (χ1) is 21.9. The average Bonchev–Trinajstić information content (AvgIpc) is 3.71. The van der Waals surface area contributed by atoms with E-state index >= 15 is 0 Å². The number of carboxylic acids is 3. The molecule has 13 nitrogen and oxygen atoms in total. The lowest BCUT2D eigenvalue weighted by molar-refractivity contribution is -0.193. The highest BCUT2D eigenvalue weighted by atomic mass is 32.2. The Kier molecular flexibility index (Phi) is 13.1. The monoisotopic (exact) mass is 728 g/mol. The van der Waals surface area contributed by atoms with Crippen molar-refractivity contribution in [1.29, 1.82) is 0 Å². The van der Waals surface area contributed by atoms with Crippen LogP contribution < -0.4 is 4.74 Å². The van der Waals surface area contributed by atoms with Crippen molar-refractivity contribution in [2.75, 3.05) is 19.6 Å². The Morgan fingerprint density at radius 3 is 1.73 bits per heavy atom. The van der Waals surface area contributed by atoms with Crippen molar-refractivity contribution in [3.63, 3.8) is 0 Å². The van der Waals surface area contributed by atoms with Crippen molar-refractivity contribution in [2.24, 2.45) is 5.92 Å². The van der Waals surface area contributed by atoms with Crippen LogP contribution in [0.4, 0.5) is 39.5 Å². The fourth-order valence-electron chi connectivity index (χ4n) is 4.00. The molecule has 268 valence electrons. The average molecular weight is 729 g/mol. The van der Waals surface area contributed by atoms with Crippen LogP contribution >= 0.6 is 0 Å². The predicted octanol–water partition coefficient (Wildman–Crippen LogP) is 3.42. The number of fused-ring (bicyclic) bond motifs is 2. The molecular weight excluding hydrogens is 703 g/mol. The number of likely N-dealkylation sites (tertiary alicyclic amines) is 1. The van der Waals surface area contributed by atoms with E-state index in [1.165, 1.54) is 12.8 Å². The quantitative estimate of drug-likeness (QED) is 0.390. The van der Waals surface area contributed by atoms with Crippen molar-refractivity contribution in [1.82, 2.24) is 19.2 Å². The number of alkyl halides is 9. The summed E-state index contributed by atoms with van der Waals surface area (Å²) in [6.07, 6.45) is -9.66. The van der Waals surface area contributed by atoms with E-state index in [2.05, 4.69) is 14.9 Å². The molecule has 1 saturated carbocycles. The van der Waals surface area contributed by atoms with Crippen molar-refractivity contribution in [3.05, 3.63) is 48.4 Å². The van der Waals surface area contributed by atoms with Crippen LogP contribution in [0.3, 0.4) is 0 Å². The molecule has 48 heavy (non-hydrogen) atoms. The number of carbonyl (C=O) groups is 3. The van der Waals surface area contributed by atoms with E-state index in [9.17, 15) is 47.9 Å². The number of ether oxygens (including phenoxy) is 1. The second-order valence-corrected chi connectivity index (χ2v) is 11.8. The Morgan fingerprint density at radius 2 is 1.29 bits per heavy atom. The maximum absolute atomic E-state index is 13.5. The third-order valence-electron chi connectivity index (χ3n) is 6.25. The first-order valence-corrected chi connectivity index (χ1v) is 14.5. The molecule has 2 unspecified atom stereocenters. The van der Waals surface area contributed by atoms with E-state index in [0.717, 1.165) is 24.7 Å². The van der Waals surface area contributed by atoms with Crippen LogP contribution in [0.2, 0.25) is 0 Å². The summed E-state index contributed by atoms with van der Waals surface area (Å²) in [6.45, 7) is 2.66. The number of carboxylic acid groups (broad SMARTS) is 3. The summed E-state index contributed by atoms with van der Waals surface area (Å²) in [5, 5.41) is 21.4. The standard InChI is InChI=1S/C19H22N4O3S.3C2HF3O2/c24-27(25)18-5-3-9-21-19(18)26-17-13-22(10-14-6-7-14)12-16(17)23(27)11-15-4-1-2-8-20-15;3*3-2(4,5)1(6)7/h1-5,8-9,14,16-17H,6-7,10-13H2;3*(H,6,7). The van der Waals surface area contributed by atoms with Gasteiger partial charge in [0.2, 0.25) is 15.9 Å². The minimum Gasteiger partial charge on any atom is -0.475 e. The van der Waals surface area contributed by atoms with Crippen LogP contribution in [-0.2, 0) is 31.0 Å². The zero-order chi connectivity index (χ0) is 36.7. The lowest BCUT2D eigenvalue weighted by Gasteiger charge is -2.27. The largest absolute Gasteiger partial charge is 0.490 e. The fourth-order valence-corrected chi connectivity index (χ4v) is 5.69. The Bertz CT molecular complexity index is 1460. The summed E-state index contributed by atoms with van der Waals surface area (Å²) >= 11 is 0. The Balaban J connectivity index is 0.000000313. The van der Waals surface area contributed by atoms with E-state index in [1.807, 2.05) is 18.2 Å². The molecule has 0 spiro atoms. The molecule has 5 rings (SSSR count). The molecule has 0 radical (unpaired) electrons. The molecule has 0 amide bonds. The minimum atomic E-state index is -5.08. The normalized spacial score (nSPS) is 20.4. The predicted molar refractivity (Wildman–Crippen MR) is 140 cm³/mol. The molecular formula is C25H25F9N4O9S. The van der Waals surface area contributed by atoms with Gasteiger partial charge >= 0.3 is 36.4 Å². The zero-order valence-corrected chi connectivity index (χ0v) is 24.7. The van der Waals surface area contributed by atoms with Gasteiger partial charge in [-0.15, -0.1) is 0 Å². The Morgan fingerprint density at radius 1 is 0.792 bits per heavy atom. The van der Waals surface area contributed by atoms with E-state index in [-0.39, 0.29) is 29.5 Å². The van der Waals surface area contributed by atoms with E-state index in [4.69, 9.17) is 34.4 Å². The van der Waals surface area contributed by atoms with Gasteiger partial charge in [0.25, 0.3) is 0 Å². The van der Waals surface area contributed by atoms with Gasteiger partial charge < -0.3 is 20.1 Å². The molecule has 2 atom stereocenters. The van der Waals surface area contributed by atoms with E-state index in [0.29, 0.717) is 6.54 Å². The second kappa shape index (κ2) is 15.8. The van der Waals surface area contributed by atoms with Crippen LogP contribution in [-0.4, -0.2) is 111 Å². The molecule has 4 heterocycles. The van der Waals surface area contributed by atoms with Gasteiger partial charge in [0, 0.05) is 32.0 Å². The van der Waals surface area contributed by atoms with Crippen LogP contribution in [0.15, 0.2) is 47.6 Å². The lowest BCUT2D eigenvalue weighted by atomic mass is 10.2. The number of sulfonamides is 1. The summed E-state index contributed by atoms with van der Waals surface area (Å²) in [4.78, 5) is 37.7. The van der Waals surface area contributed by atoms with Crippen LogP contribution in [0.5, 0.6) is 5.88 Å². The van der Waals surface area contributed by atoms with Gasteiger partial charge in [0.15, 0.2) is 0 Å². The molecule has 1 saturated heterocycles. The van der Waals surface area contributed by atoms with Crippen LogP contribution in [0, 0.1) is 5.92 Å². The number of hydrogen-bond acceptors (Lipinski definition) is 9. The smallest absolute Gasteiger partial charge is 0.475 e. The molecule has 1 aliphatic carbocycles. The number of halogens is 9. The highest BCUT2D eigenvalue weighted by molar-refractivity contribution is 7.89. The molecule has 2 aromatic rings. The number of nitrogens with zero attached hydrogens (tertiary/aromatic N) is 4. The van der Waals surface area contributed by atoms with Crippen molar-refractivity contribution in [3.8, 4) is 5.88 Å². The highest BCUT2D eigenvalue weighted by Crippen LogP contribution is 2.37. The van der Waals surface area contributed by atoms with Gasteiger partial charge in [-0.05, 0) is 43.0 Å². The Hall–Kier alpha value is -4.25. The van der Waals surface area contributed by atoms with Crippen molar-refractivity contribution in [2.45, 2.75) is 55.0 Å². The topological polar surface area (TPSA) is 188 Å². The number of hydrogen-bond donors (Lipinski definition) is 3. The first-order valence-electron chi connectivity index (χ1n) is 13.1. The van der Waals surface area contributed by atoms with Crippen LogP contribution in [0.1, 0.15) is 18.5 Å². The molecule has 23 heteroatoms. The molecule has 0 bridgehead atoms. The maximum atomic E-state index is 13.5. The first kappa shape index (κ1) is 39.9. The number of aliphatic carboxylic acids is 3. The van der Waals surface area contributed by atoms with Gasteiger partial charge in [-0.25, -0.2) is 27.8 Å². The number of pyridine rings is 2. The fraction of sp³-hybridized carbons (Fsp3) is 0.480. The Labute approximate surface area is 264 Å². The third kappa shape index (κ3) is 12.1. The highest BCUT2D eigenvalue weighted by Gasteiger charge is 2.48. The van der Waals surface area contributed by atoms with E-state index < -0.39 is 46.5 Å². The number of rotatable bonds is 4. The zero-order valence-electron chi connectivity index (χ0n) is 23.9. The maximum Gasteiger partial charge on any atom is 0.490 e. The van der Waals surface area contributed by atoms with E-state index in [1.54, 1.807) is 28.8 Å².